The lowest BCUT2D eigenvalue weighted by molar-refractivity contribution is -0.380. The Morgan fingerprint density at radius 1 is 1.20 bits per heavy atom. The molecule has 5 aromatic rings. The summed E-state index contributed by atoms with van der Waals surface area (Å²) < 4.78 is 11.5. The quantitative estimate of drug-likeness (QED) is 0.179. The summed E-state index contributed by atoms with van der Waals surface area (Å²) in [6.07, 6.45) is 2.47. The van der Waals surface area contributed by atoms with E-state index >= 15 is 0 Å². The summed E-state index contributed by atoms with van der Waals surface area (Å²) in [5.41, 5.74) is 0.847. The number of carbonyl (C=O) groups excluding carboxylic acids is 1. The van der Waals surface area contributed by atoms with Gasteiger partial charge in [0, 0.05) is 6.07 Å². The van der Waals surface area contributed by atoms with Gasteiger partial charge in [-0.15, -0.1) is 0 Å². The van der Waals surface area contributed by atoms with E-state index in [1.807, 2.05) is 0 Å². The predicted octanol–water partition coefficient (Wildman–Crippen LogP) is 5.06. The largest absolute Gasteiger partial charge is 0.497 e. The molecule has 174 valence electrons. The van der Waals surface area contributed by atoms with Crippen LogP contribution in [0, 0.1) is 10.1 Å². The molecule has 0 radical (unpaired) electrons. The molecule has 1 amide bonds. The van der Waals surface area contributed by atoms with E-state index in [0.29, 0.717) is 22.2 Å². The van der Waals surface area contributed by atoms with Crippen LogP contribution in [0.1, 0.15) is 15.2 Å². The van der Waals surface area contributed by atoms with E-state index in [2.05, 4.69) is 10.1 Å². The number of nitrogens with zero attached hydrogens (tertiary/aromatic N) is 4. The maximum atomic E-state index is 13.3. The summed E-state index contributed by atoms with van der Waals surface area (Å²) in [7, 11) is 1.54. The van der Waals surface area contributed by atoms with Crippen molar-refractivity contribution >= 4 is 66.1 Å². The number of anilines is 1. The van der Waals surface area contributed by atoms with Crippen LogP contribution in [0.15, 0.2) is 75.2 Å². The number of para-hydroxylation sites is 1. The van der Waals surface area contributed by atoms with Crippen LogP contribution in [-0.4, -0.2) is 29.1 Å². The van der Waals surface area contributed by atoms with Crippen LogP contribution < -0.4 is 15.2 Å². The fourth-order valence-corrected chi connectivity index (χ4v) is 4.94. The Bertz CT molecular complexity index is 1690. The molecular formula is C23H14N4O6S2. The van der Waals surface area contributed by atoms with Gasteiger partial charge in [0.1, 0.15) is 22.5 Å². The molecule has 3 aromatic heterocycles. The first-order chi connectivity index (χ1) is 16.9. The first-order valence-electron chi connectivity index (χ1n) is 10.0. The summed E-state index contributed by atoms with van der Waals surface area (Å²) in [6, 6.07) is 14.6. The third kappa shape index (κ3) is 4.27. The molecule has 10 nitrogen and oxygen atoms in total. The van der Waals surface area contributed by atoms with E-state index in [-0.39, 0.29) is 26.0 Å². The summed E-state index contributed by atoms with van der Waals surface area (Å²) in [5.74, 6) is -0.00715. The molecule has 35 heavy (non-hydrogen) atoms. The zero-order valence-electron chi connectivity index (χ0n) is 17.9. The summed E-state index contributed by atoms with van der Waals surface area (Å²) in [5, 5.41) is 16.8. The van der Waals surface area contributed by atoms with E-state index in [0.717, 1.165) is 21.0 Å². The predicted molar refractivity (Wildman–Crippen MR) is 134 cm³/mol. The lowest BCUT2D eigenvalue weighted by Gasteiger charge is -2.12. The van der Waals surface area contributed by atoms with Gasteiger partial charge < -0.3 is 9.15 Å². The van der Waals surface area contributed by atoms with Crippen molar-refractivity contribution in [1.29, 1.82) is 0 Å². The second-order valence-electron chi connectivity index (χ2n) is 7.10. The third-order valence-electron chi connectivity index (χ3n) is 4.96. The number of nitro groups is 1. The van der Waals surface area contributed by atoms with Crippen LogP contribution in [0.3, 0.4) is 0 Å². The Morgan fingerprint density at radius 3 is 2.80 bits per heavy atom. The van der Waals surface area contributed by atoms with Crippen molar-refractivity contribution in [1.82, 2.24) is 4.98 Å². The minimum Gasteiger partial charge on any atom is -0.497 e. The molecule has 0 aliphatic carbocycles. The minimum absolute atomic E-state index is 0.0937. The first kappa shape index (κ1) is 22.4. The first-order valence-corrected chi connectivity index (χ1v) is 11.7. The molecule has 0 atom stereocenters. The highest BCUT2D eigenvalue weighted by atomic mass is 32.1. The van der Waals surface area contributed by atoms with Gasteiger partial charge in [0.05, 0.1) is 39.4 Å². The average Bonchev–Trinajstić information content (AvgIpc) is 3.52. The zero-order valence-corrected chi connectivity index (χ0v) is 19.5. The molecular weight excluding hydrogens is 492 g/mol. The Labute approximate surface area is 204 Å². The molecule has 0 saturated heterocycles. The van der Waals surface area contributed by atoms with Gasteiger partial charge in [-0.2, -0.15) is 10.1 Å². The summed E-state index contributed by atoms with van der Waals surface area (Å²) in [4.78, 5) is 41.3. The van der Waals surface area contributed by atoms with Crippen LogP contribution in [0.5, 0.6) is 5.75 Å². The lowest BCUT2D eigenvalue weighted by atomic mass is 10.2. The van der Waals surface area contributed by atoms with Crippen LogP contribution in [0.2, 0.25) is 0 Å². The van der Waals surface area contributed by atoms with Crippen molar-refractivity contribution in [3.8, 4) is 5.75 Å². The topological polar surface area (TPSA) is 128 Å². The van der Waals surface area contributed by atoms with Gasteiger partial charge in [0.2, 0.25) is 10.6 Å². The second-order valence-corrected chi connectivity index (χ2v) is 9.17. The number of hydrogen-bond donors (Lipinski definition) is 0. The van der Waals surface area contributed by atoms with Crippen molar-refractivity contribution in [2.75, 3.05) is 12.1 Å². The van der Waals surface area contributed by atoms with Gasteiger partial charge in [0.25, 0.3) is 5.91 Å². The standard InChI is InChI=1S/C23H14N4O6S2/c1-32-14-6-7-16-19(10-14)35-23(25-16)26(22(29)18-8-9-20(34-18)27(30)31)24-11-13-12-33-17-5-3-2-4-15(17)21(13)28/h2-12H,1H3/b24-11+. The van der Waals surface area contributed by atoms with Crippen LogP contribution in [-0.2, 0) is 0 Å². The molecule has 0 unspecified atom stereocenters. The number of hydrazone groups is 1. The molecule has 0 bridgehead atoms. The van der Waals surface area contributed by atoms with Crippen LogP contribution in [0.25, 0.3) is 21.2 Å². The highest BCUT2D eigenvalue weighted by Crippen LogP contribution is 2.34. The molecule has 0 spiro atoms. The van der Waals surface area contributed by atoms with Gasteiger partial charge in [-0.3, -0.25) is 19.7 Å². The van der Waals surface area contributed by atoms with Crippen molar-refractivity contribution in [3.05, 3.63) is 91.6 Å². The molecule has 0 aliphatic rings. The molecule has 3 heterocycles. The summed E-state index contributed by atoms with van der Waals surface area (Å²) >= 11 is 1.91. The van der Waals surface area contributed by atoms with Crippen molar-refractivity contribution in [2.45, 2.75) is 0 Å². The number of hydrogen-bond acceptors (Lipinski definition) is 10. The van der Waals surface area contributed by atoms with Crippen molar-refractivity contribution < 1.29 is 18.9 Å². The number of methoxy groups -OCH3 is 1. The molecule has 2 aromatic carbocycles. The monoisotopic (exact) mass is 506 g/mol. The Morgan fingerprint density at radius 2 is 2.03 bits per heavy atom. The highest BCUT2D eigenvalue weighted by molar-refractivity contribution is 7.22. The Hall–Kier alpha value is -4.42. The second kappa shape index (κ2) is 9.08. The smallest absolute Gasteiger partial charge is 0.324 e. The van der Waals surface area contributed by atoms with Gasteiger partial charge in [-0.1, -0.05) is 34.8 Å². The Balaban J connectivity index is 1.59. The SMILES string of the molecule is COc1ccc2nc(N(/N=C/c3coc4ccccc4c3=O)C(=O)c3ccc([N+](=O)[O-])s3)sc2c1. The maximum absolute atomic E-state index is 13.3. The zero-order chi connectivity index (χ0) is 24.5. The molecule has 0 aliphatic heterocycles. The maximum Gasteiger partial charge on any atom is 0.324 e. The van der Waals surface area contributed by atoms with E-state index in [4.69, 9.17) is 9.15 Å². The molecule has 5 rings (SSSR count). The van der Waals surface area contributed by atoms with E-state index in [9.17, 15) is 19.7 Å². The van der Waals surface area contributed by atoms with E-state index in [1.54, 1.807) is 49.6 Å². The number of ether oxygens (including phenoxy) is 1. The van der Waals surface area contributed by atoms with Gasteiger partial charge in [-0.25, -0.2) is 4.98 Å². The number of thiazole rings is 1. The highest BCUT2D eigenvalue weighted by Gasteiger charge is 2.25. The van der Waals surface area contributed by atoms with Crippen molar-refractivity contribution in [2.24, 2.45) is 5.10 Å². The molecule has 0 N–H and O–H groups in total. The molecule has 0 fully saturated rings. The fourth-order valence-electron chi connectivity index (χ4n) is 3.25. The fraction of sp³-hybridized carbons (Fsp3) is 0.0435. The molecule has 12 heteroatoms. The van der Waals surface area contributed by atoms with Gasteiger partial charge in [0.15, 0.2) is 0 Å². The Kier molecular flexibility index (Phi) is 5.81. The van der Waals surface area contributed by atoms with E-state index in [1.165, 1.54) is 35.9 Å². The van der Waals surface area contributed by atoms with E-state index < -0.39 is 10.8 Å². The van der Waals surface area contributed by atoms with Crippen LogP contribution >= 0.6 is 22.7 Å². The number of amides is 1. The molecule has 0 saturated carbocycles. The third-order valence-corrected chi connectivity index (χ3v) is 6.98. The average molecular weight is 507 g/mol. The van der Waals surface area contributed by atoms with Crippen LogP contribution in [0.4, 0.5) is 10.1 Å². The number of carbonyl (C=O) groups is 1. The number of fused-ring (bicyclic) bond motifs is 2. The number of aromatic nitrogens is 1. The minimum atomic E-state index is -0.629. The van der Waals surface area contributed by atoms with Crippen molar-refractivity contribution in [3.63, 3.8) is 0 Å². The number of benzene rings is 2. The lowest BCUT2D eigenvalue weighted by Crippen LogP contribution is -2.25. The van der Waals surface area contributed by atoms with Gasteiger partial charge >= 0.3 is 5.00 Å². The summed E-state index contributed by atoms with van der Waals surface area (Å²) in [6.45, 7) is 0. The van der Waals surface area contributed by atoms with Gasteiger partial charge in [-0.05, 0) is 36.4 Å². The normalized spacial score (nSPS) is 11.3. The number of rotatable bonds is 6. The number of thiophene rings is 1.